The molecule has 2 fully saturated rings. The van der Waals surface area contributed by atoms with Gasteiger partial charge in [0.25, 0.3) is 0 Å². The van der Waals surface area contributed by atoms with Gasteiger partial charge in [-0.1, -0.05) is 36.4 Å². The highest BCUT2D eigenvalue weighted by Gasteiger charge is 2.35. The lowest BCUT2D eigenvalue weighted by Gasteiger charge is -2.40. The lowest BCUT2D eigenvalue weighted by atomic mass is 9.85. The van der Waals surface area contributed by atoms with Crippen molar-refractivity contribution >= 4 is 21.6 Å². The van der Waals surface area contributed by atoms with Gasteiger partial charge in [0, 0.05) is 43.8 Å². The van der Waals surface area contributed by atoms with Crippen LogP contribution < -0.4 is 15.4 Å². The summed E-state index contributed by atoms with van der Waals surface area (Å²) in [6.45, 7) is 3.15. The maximum absolute atomic E-state index is 13.4. The van der Waals surface area contributed by atoms with Crippen molar-refractivity contribution in [3.05, 3.63) is 59.7 Å². The van der Waals surface area contributed by atoms with Gasteiger partial charge in [-0.05, 0) is 61.8 Å². The van der Waals surface area contributed by atoms with Gasteiger partial charge in [-0.3, -0.25) is 4.79 Å². The minimum absolute atomic E-state index is 0.0435. The fraction of sp³-hybridized carbons (Fsp3) is 0.500. The Balaban J connectivity index is 1.20. The van der Waals surface area contributed by atoms with Gasteiger partial charge in [-0.25, -0.2) is 13.1 Å². The van der Waals surface area contributed by atoms with Crippen molar-refractivity contribution < 1.29 is 13.2 Å². The summed E-state index contributed by atoms with van der Waals surface area (Å²) in [5.41, 5.74) is 3.25. The van der Waals surface area contributed by atoms with E-state index in [0.717, 1.165) is 43.7 Å². The van der Waals surface area contributed by atoms with Gasteiger partial charge in [0.15, 0.2) is 0 Å². The summed E-state index contributed by atoms with van der Waals surface area (Å²) < 4.78 is 29.0. The molecule has 3 N–H and O–H groups in total. The molecule has 3 aliphatic rings. The molecule has 0 bridgehead atoms. The van der Waals surface area contributed by atoms with Crippen LogP contribution in [0.3, 0.4) is 0 Å². The van der Waals surface area contributed by atoms with Crippen LogP contribution >= 0.6 is 0 Å². The molecule has 0 radical (unpaired) electrons. The van der Waals surface area contributed by atoms with Gasteiger partial charge in [0.1, 0.15) is 0 Å². The van der Waals surface area contributed by atoms with Gasteiger partial charge in [-0.15, -0.1) is 0 Å². The lowest BCUT2D eigenvalue weighted by Crippen LogP contribution is -2.51. The molecule has 182 valence electrons. The molecule has 1 unspecified atom stereocenters. The van der Waals surface area contributed by atoms with Gasteiger partial charge < -0.3 is 15.5 Å². The van der Waals surface area contributed by atoms with Crippen LogP contribution in [-0.2, 0) is 21.2 Å². The first-order valence-corrected chi connectivity index (χ1v) is 13.9. The van der Waals surface area contributed by atoms with Crippen LogP contribution in [0, 0.1) is 5.92 Å². The number of sulfonamides is 1. The molecule has 7 nitrogen and oxygen atoms in total. The summed E-state index contributed by atoms with van der Waals surface area (Å²) in [5, 5.41) is 6.72. The number of hydrogen-bond donors (Lipinski definition) is 3. The zero-order chi connectivity index (χ0) is 23.5. The van der Waals surface area contributed by atoms with Crippen LogP contribution in [0.5, 0.6) is 0 Å². The number of benzene rings is 2. The molecule has 1 aliphatic carbocycles. The SMILES string of the molecule is O=C(C1CCC(NS(=O)(=O)c2ccc3c(c2)NCCC3)CC1)N1CCNCC1c1ccccc1. The van der Waals surface area contributed by atoms with E-state index in [2.05, 4.69) is 27.5 Å². The van der Waals surface area contributed by atoms with Crippen LogP contribution in [-0.4, -0.2) is 51.4 Å². The monoisotopic (exact) mass is 482 g/mol. The summed E-state index contributed by atoms with van der Waals surface area (Å²) in [7, 11) is -3.59. The van der Waals surface area contributed by atoms with E-state index in [9.17, 15) is 13.2 Å². The molecule has 2 aliphatic heterocycles. The van der Waals surface area contributed by atoms with Gasteiger partial charge in [0.2, 0.25) is 15.9 Å². The number of nitrogens with zero attached hydrogens (tertiary/aromatic N) is 1. The van der Waals surface area contributed by atoms with Crippen LogP contribution in [0.15, 0.2) is 53.4 Å². The van der Waals surface area contributed by atoms with Crippen molar-refractivity contribution in [2.75, 3.05) is 31.5 Å². The summed E-state index contributed by atoms with van der Waals surface area (Å²) in [6.07, 6.45) is 4.83. The molecular formula is C26H34N4O3S. The smallest absolute Gasteiger partial charge is 0.240 e. The zero-order valence-corrected chi connectivity index (χ0v) is 20.3. The molecule has 1 saturated heterocycles. The predicted octanol–water partition coefficient (Wildman–Crippen LogP) is 3.05. The first kappa shape index (κ1) is 23.3. The van der Waals surface area contributed by atoms with Crippen molar-refractivity contribution in [2.24, 2.45) is 5.92 Å². The number of amides is 1. The van der Waals surface area contributed by atoms with Crippen LogP contribution in [0.25, 0.3) is 0 Å². The second kappa shape index (κ2) is 10.1. The first-order valence-electron chi connectivity index (χ1n) is 12.5. The Morgan fingerprint density at radius 3 is 2.59 bits per heavy atom. The molecule has 1 amide bonds. The molecule has 2 aromatic carbocycles. The molecule has 2 heterocycles. The third-order valence-corrected chi connectivity index (χ3v) is 8.96. The van der Waals surface area contributed by atoms with E-state index in [1.807, 2.05) is 29.2 Å². The third kappa shape index (κ3) is 4.99. The lowest BCUT2D eigenvalue weighted by molar-refractivity contribution is -0.140. The Kier molecular flexibility index (Phi) is 6.90. The average molecular weight is 483 g/mol. The van der Waals surface area contributed by atoms with E-state index in [4.69, 9.17) is 0 Å². The number of aryl methyl sites for hydroxylation is 1. The molecule has 0 aromatic heterocycles. The molecule has 1 saturated carbocycles. The second-order valence-corrected chi connectivity index (χ2v) is 11.4. The molecular weight excluding hydrogens is 448 g/mol. The largest absolute Gasteiger partial charge is 0.385 e. The quantitative estimate of drug-likeness (QED) is 0.609. The van der Waals surface area contributed by atoms with Crippen molar-refractivity contribution in [2.45, 2.75) is 55.5 Å². The summed E-state index contributed by atoms with van der Waals surface area (Å²) >= 11 is 0. The Morgan fingerprint density at radius 1 is 1.00 bits per heavy atom. The molecule has 1 atom stereocenters. The number of fused-ring (bicyclic) bond motifs is 1. The summed E-state index contributed by atoms with van der Waals surface area (Å²) in [4.78, 5) is 15.8. The van der Waals surface area contributed by atoms with Crippen LogP contribution in [0.4, 0.5) is 5.69 Å². The maximum Gasteiger partial charge on any atom is 0.240 e. The number of carbonyl (C=O) groups is 1. The first-order chi connectivity index (χ1) is 16.5. The summed E-state index contributed by atoms with van der Waals surface area (Å²) in [5.74, 6) is 0.162. The van der Waals surface area contributed by atoms with Crippen LogP contribution in [0.1, 0.15) is 49.3 Å². The predicted molar refractivity (Wildman–Crippen MR) is 133 cm³/mol. The normalized spacial score (nSPS) is 25.3. The van der Waals surface area contributed by atoms with E-state index >= 15 is 0 Å². The van der Waals surface area contributed by atoms with Crippen molar-refractivity contribution in [3.8, 4) is 0 Å². The minimum atomic E-state index is -3.59. The van der Waals surface area contributed by atoms with Crippen LogP contribution in [0.2, 0.25) is 0 Å². The number of carbonyl (C=O) groups excluding carboxylic acids is 1. The fourth-order valence-electron chi connectivity index (χ4n) is 5.53. The Bertz CT molecular complexity index is 1110. The number of rotatable bonds is 5. The maximum atomic E-state index is 13.4. The van der Waals surface area contributed by atoms with Crippen molar-refractivity contribution in [1.29, 1.82) is 0 Å². The number of anilines is 1. The van der Waals surface area contributed by atoms with E-state index < -0.39 is 10.0 Å². The highest BCUT2D eigenvalue weighted by atomic mass is 32.2. The van der Waals surface area contributed by atoms with Gasteiger partial charge in [-0.2, -0.15) is 0 Å². The Morgan fingerprint density at radius 2 is 1.79 bits per heavy atom. The van der Waals surface area contributed by atoms with E-state index in [1.54, 1.807) is 12.1 Å². The summed E-state index contributed by atoms with van der Waals surface area (Å²) in [6, 6.07) is 15.5. The number of piperazine rings is 1. The Labute approximate surface area is 202 Å². The second-order valence-electron chi connectivity index (χ2n) is 9.68. The minimum Gasteiger partial charge on any atom is -0.385 e. The number of nitrogens with one attached hydrogen (secondary N) is 3. The number of hydrogen-bond acceptors (Lipinski definition) is 5. The highest BCUT2D eigenvalue weighted by Crippen LogP contribution is 2.32. The average Bonchev–Trinajstić information content (AvgIpc) is 2.89. The Hall–Kier alpha value is -2.42. The molecule has 8 heteroatoms. The van der Waals surface area contributed by atoms with Crippen molar-refractivity contribution in [3.63, 3.8) is 0 Å². The van der Waals surface area contributed by atoms with Gasteiger partial charge in [0.05, 0.1) is 10.9 Å². The standard InChI is InChI=1S/C26H34N4O3S/c31-26(30-16-15-27-18-25(30)20-5-2-1-3-6-20)21-8-11-22(12-9-21)29-34(32,33)23-13-10-19-7-4-14-28-24(19)17-23/h1-3,5-6,10,13,17,21-22,25,27-29H,4,7-9,11-12,14-16,18H2. The van der Waals surface area contributed by atoms with Gasteiger partial charge >= 0.3 is 0 Å². The molecule has 34 heavy (non-hydrogen) atoms. The third-order valence-electron chi connectivity index (χ3n) is 7.44. The molecule has 2 aromatic rings. The zero-order valence-electron chi connectivity index (χ0n) is 19.5. The van der Waals surface area contributed by atoms with E-state index in [1.165, 1.54) is 5.56 Å². The van der Waals surface area contributed by atoms with Crippen molar-refractivity contribution in [1.82, 2.24) is 14.9 Å². The van der Waals surface area contributed by atoms with E-state index in [0.29, 0.717) is 37.1 Å². The molecule has 5 rings (SSSR count). The topological polar surface area (TPSA) is 90.5 Å². The van der Waals surface area contributed by atoms with E-state index in [-0.39, 0.29) is 23.9 Å². The fourth-order valence-corrected chi connectivity index (χ4v) is 6.86. The highest BCUT2D eigenvalue weighted by molar-refractivity contribution is 7.89. The molecule has 0 spiro atoms.